The quantitative estimate of drug-likeness (QED) is 0.848. The largest absolute Gasteiger partial charge is 0.338 e. The number of nitrogens with zero attached hydrogens (tertiary/aromatic N) is 5. The summed E-state index contributed by atoms with van der Waals surface area (Å²) < 4.78 is 1.81. The van der Waals surface area contributed by atoms with E-state index in [9.17, 15) is 9.59 Å². The van der Waals surface area contributed by atoms with Crippen LogP contribution in [-0.4, -0.2) is 51.1 Å². The first-order valence-electron chi connectivity index (χ1n) is 8.62. The van der Waals surface area contributed by atoms with Crippen LogP contribution in [0.4, 0.5) is 5.69 Å². The number of fused-ring (bicyclic) bond motifs is 1. The van der Waals surface area contributed by atoms with Crippen LogP contribution in [0.3, 0.4) is 0 Å². The molecular weight excluding hydrogens is 318 g/mol. The lowest BCUT2D eigenvalue weighted by molar-refractivity contribution is -0.137. The summed E-state index contributed by atoms with van der Waals surface area (Å²) in [7, 11) is 0. The van der Waals surface area contributed by atoms with Gasteiger partial charge in [0.05, 0.1) is 6.04 Å². The fourth-order valence-corrected chi connectivity index (χ4v) is 3.73. The van der Waals surface area contributed by atoms with Crippen molar-refractivity contribution in [3.05, 3.63) is 42.5 Å². The van der Waals surface area contributed by atoms with E-state index in [0.29, 0.717) is 26.1 Å². The normalized spacial score (nSPS) is 19.6. The lowest BCUT2D eigenvalue weighted by Gasteiger charge is -2.39. The van der Waals surface area contributed by atoms with Gasteiger partial charge in [0.2, 0.25) is 11.8 Å². The van der Waals surface area contributed by atoms with Crippen LogP contribution in [0.5, 0.6) is 0 Å². The molecule has 1 unspecified atom stereocenters. The average Bonchev–Trinajstić information content (AvgIpc) is 3.19. The SMILES string of the molecule is CC(=O)N1CC(CCC(=O)N2CC(n3cncn3)C2)c2ccccc21. The zero-order valence-corrected chi connectivity index (χ0v) is 14.2. The standard InChI is InChI=1S/C18H21N5O2/c1-13(24)22-8-14(16-4-2-3-5-17(16)22)6-7-18(25)21-9-15(10-21)23-12-19-11-20-23/h2-5,11-12,14-15H,6-10H2,1H3. The summed E-state index contributed by atoms with van der Waals surface area (Å²) in [5.41, 5.74) is 2.16. The Morgan fingerprint density at radius 1 is 1.20 bits per heavy atom. The number of rotatable bonds is 4. The molecule has 2 aliphatic rings. The van der Waals surface area contributed by atoms with Gasteiger partial charge in [-0.3, -0.25) is 9.59 Å². The lowest BCUT2D eigenvalue weighted by atomic mass is 9.95. The van der Waals surface area contributed by atoms with Gasteiger partial charge in [-0.05, 0) is 18.1 Å². The van der Waals surface area contributed by atoms with E-state index in [4.69, 9.17) is 0 Å². The minimum absolute atomic E-state index is 0.0553. The molecule has 3 heterocycles. The highest BCUT2D eigenvalue weighted by molar-refractivity contribution is 5.94. The Kier molecular flexibility index (Phi) is 3.99. The highest BCUT2D eigenvalue weighted by Crippen LogP contribution is 2.38. The Morgan fingerprint density at radius 2 is 2.00 bits per heavy atom. The van der Waals surface area contributed by atoms with Crippen molar-refractivity contribution >= 4 is 17.5 Å². The van der Waals surface area contributed by atoms with E-state index in [1.165, 1.54) is 11.9 Å². The maximum Gasteiger partial charge on any atom is 0.223 e. The average molecular weight is 339 g/mol. The molecule has 1 aromatic heterocycles. The first kappa shape index (κ1) is 15.8. The molecule has 1 saturated heterocycles. The minimum atomic E-state index is 0.0553. The second kappa shape index (κ2) is 6.31. The van der Waals surface area contributed by atoms with E-state index in [-0.39, 0.29) is 23.8 Å². The van der Waals surface area contributed by atoms with Gasteiger partial charge in [-0.15, -0.1) is 0 Å². The van der Waals surface area contributed by atoms with Crippen LogP contribution in [0.25, 0.3) is 0 Å². The van der Waals surface area contributed by atoms with Crippen molar-refractivity contribution in [1.29, 1.82) is 0 Å². The van der Waals surface area contributed by atoms with Gasteiger partial charge in [0.15, 0.2) is 0 Å². The zero-order chi connectivity index (χ0) is 17.4. The van der Waals surface area contributed by atoms with Crippen LogP contribution < -0.4 is 4.90 Å². The topological polar surface area (TPSA) is 71.3 Å². The van der Waals surface area contributed by atoms with Gasteiger partial charge < -0.3 is 9.80 Å². The molecule has 2 amide bonds. The fourth-order valence-electron chi connectivity index (χ4n) is 3.73. The monoisotopic (exact) mass is 339 g/mol. The van der Waals surface area contributed by atoms with Crippen LogP contribution in [0, 0.1) is 0 Å². The van der Waals surface area contributed by atoms with Gasteiger partial charge in [0.25, 0.3) is 0 Å². The third-order valence-electron chi connectivity index (χ3n) is 5.18. The van der Waals surface area contributed by atoms with Gasteiger partial charge in [0, 0.05) is 44.6 Å². The lowest BCUT2D eigenvalue weighted by Crippen LogP contribution is -2.50. The van der Waals surface area contributed by atoms with Crippen LogP contribution >= 0.6 is 0 Å². The highest BCUT2D eigenvalue weighted by Gasteiger charge is 2.34. The summed E-state index contributed by atoms with van der Waals surface area (Å²) in [6.07, 6.45) is 4.49. The Morgan fingerprint density at radius 3 is 2.72 bits per heavy atom. The minimum Gasteiger partial charge on any atom is -0.338 e. The predicted molar refractivity (Wildman–Crippen MR) is 92.1 cm³/mol. The summed E-state index contributed by atoms with van der Waals surface area (Å²) >= 11 is 0. The molecule has 0 bridgehead atoms. The van der Waals surface area contributed by atoms with E-state index < -0.39 is 0 Å². The molecule has 4 rings (SSSR count). The number of amides is 2. The predicted octanol–water partition coefficient (Wildman–Crippen LogP) is 1.59. The molecule has 1 atom stereocenters. The van der Waals surface area contributed by atoms with Crippen molar-refractivity contribution in [2.45, 2.75) is 31.7 Å². The summed E-state index contributed by atoms with van der Waals surface area (Å²) in [5.74, 6) is 0.464. The van der Waals surface area contributed by atoms with Crippen LogP contribution in [-0.2, 0) is 9.59 Å². The molecule has 130 valence electrons. The number of likely N-dealkylation sites (tertiary alicyclic amines) is 1. The maximum atomic E-state index is 12.4. The Hall–Kier alpha value is -2.70. The summed E-state index contributed by atoms with van der Waals surface area (Å²) in [5, 5.41) is 4.12. The molecule has 2 aliphatic heterocycles. The van der Waals surface area contributed by atoms with Crippen LogP contribution in [0.2, 0.25) is 0 Å². The van der Waals surface area contributed by atoms with E-state index >= 15 is 0 Å². The number of hydrogen-bond acceptors (Lipinski definition) is 4. The van der Waals surface area contributed by atoms with E-state index in [1.807, 2.05) is 32.7 Å². The van der Waals surface area contributed by atoms with E-state index in [1.54, 1.807) is 13.3 Å². The number of aromatic nitrogens is 3. The number of carbonyl (C=O) groups is 2. The maximum absolute atomic E-state index is 12.4. The van der Waals surface area contributed by atoms with Crippen molar-refractivity contribution in [2.24, 2.45) is 0 Å². The molecule has 0 saturated carbocycles. The van der Waals surface area contributed by atoms with E-state index in [0.717, 1.165) is 12.1 Å². The van der Waals surface area contributed by atoms with Crippen molar-refractivity contribution < 1.29 is 9.59 Å². The smallest absolute Gasteiger partial charge is 0.223 e. The fraction of sp³-hybridized carbons (Fsp3) is 0.444. The molecule has 2 aromatic rings. The molecule has 7 nitrogen and oxygen atoms in total. The Balaban J connectivity index is 1.33. The Labute approximate surface area is 146 Å². The third-order valence-corrected chi connectivity index (χ3v) is 5.18. The summed E-state index contributed by atoms with van der Waals surface area (Å²) in [6.45, 7) is 3.66. The molecule has 0 aliphatic carbocycles. The second-order valence-corrected chi connectivity index (χ2v) is 6.75. The number of benzene rings is 1. The van der Waals surface area contributed by atoms with Gasteiger partial charge in [-0.1, -0.05) is 18.2 Å². The van der Waals surface area contributed by atoms with Gasteiger partial charge in [0.1, 0.15) is 12.7 Å². The molecular formula is C18H21N5O2. The van der Waals surface area contributed by atoms with Crippen molar-refractivity contribution in [3.8, 4) is 0 Å². The van der Waals surface area contributed by atoms with E-state index in [2.05, 4.69) is 16.1 Å². The van der Waals surface area contributed by atoms with Crippen molar-refractivity contribution in [2.75, 3.05) is 24.5 Å². The zero-order valence-electron chi connectivity index (χ0n) is 14.2. The Bertz CT molecular complexity index is 783. The molecule has 25 heavy (non-hydrogen) atoms. The summed E-state index contributed by atoms with van der Waals surface area (Å²) in [6, 6.07) is 8.24. The molecule has 7 heteroatoms. The first-order chi connectivity index (χ1) is 12.1. The van der Waals surface area contributed by atoms with Crippen LogP contribution in [0.1, 0.15) is 37.3 Å². The highest BCUT2D eigenvalue weighted by atomic mass is 16.2. The number of carbonyl (C=O) groups excluding carboxylic acids is 2. The van der Waals surface area contributed by atoms with Gasteiger partial charge in [-0.2, -0.15) is 5.10 Å². The molecule has 0 spiro atoms. The molecule has 1 fully saturated rings. The number of anilines is 1. The van der Waals surface area contributed by atoms with Gasteiger partial charge >= 0.3 is 0 Å². The van der Waals surface area contributed by atoms with Crippen LogP contribution in [0.15, 0.2) is 36.9 Å². The summed E-state index contributed by atoms with van der Waals surface area (Å²) in [4.78, 5) is 31.9. The number of hydrogen-bond donors (Lipinski definition) is 0. The van der Waals surface area contributed by atoms with Crippen molar-refractivity contribution in [1.82, 2.24) is 19.7 Å². The van der Waals surface area contributed by atoms with Crippen molar-refractivity contribution in [3.63, 3.8) is 0 Å². The number of para-hydroxylation sites is 1. The molecule has 0 radical (unpaired) electrons. The first-order valence-corrected chi connectivity index (χ1v) is 8.62. The second-order valence-electron chi connectivity index (χ2n) is 6.75. The molecule has 1 aromatic carbocycles. The molecule has 0 N–H and O–H groups in total. The van der Waals surface area contributed by atoms with Gasteiger partial charge in [-0.25, -0.2) is 9.67 Å². The third kappa shape index (κ3) is 2.90.